The SMILES string of the molecule is CC(CNc1ccc(C#N)c(Cl)c1)N(C)C1CC1. The van der Waals surface area contributed by atoms with Gasteiger partial charge in [0.15, 0.2) is 0 Å². The van der Waals surface area contributed by atoms with Crippen molar-refractivity contribution in [2.45, 2.75) is 31.8 Å². The van der Waals surface area contributed by atoms with Gasteiger partial charge in [-0.2, -0.15) is 5.26 Å². The number of hydrogen-bond donors (Lipinski definition) is 1. The van der Waals surface area contributed by atoms with Crippen molar-refractivity contribution in [3.8, 4) is 6.07 Å². The third kappa shape index (κ3) is 3.16. The maximum atomic E-state index is 8.81. The van der Waals surface area contributed by atoms with Crippen LogP contribution in [0.5, 0.6) is 0 Å². The van der Waals surface area contributed by atoms with Gasteiger partial charge in [0, 0.05) is 24.3 Å². The first kappa shape index (κ1) is 13.2. The molecule has 1 aromatic rings. The van der Waals surface area contributed by atoms with E-state index >= 15 is 0 Å². The number of nitriles is 1. The second-order valence-corrected chi connectivity index (χ2v) is 5.34. The Morgan fingerprint density at radius 1 is 1.56 bits per heavy atom. The van der Waals surface area contributed by atoms with E-state index in [-0.39, 0.29) is 0 Å². The fourth-order valence-electron chi connectivity index (χ4n) is 1.97. The van der Waals surface area contributed by atoms with Crippen molar-refractivity contribution in [2.24, 2.45) is 0 Å². The number of nitrogens with one attached hydrogen (secondary N) is 1. The molecule has 0 aliphatic heterocycles. The molecule has 1 fully saturated rings. The molecule has 0 aromatic heterocycles. The summed E-state index contributed by atoms with van der Waals surface area (Å²) < 4.78 is 0. The van der Waals surface area contributed by atoms with E-state index in [4.69, 9.17) is 16.9 Å². The third-order valence-corrected chi connectivity index (χ3v) is 3.82. The van der Waals surface area contributed by atoms with Crippen LogP contribution in [0.15, 0.2) is 18.2 Å². The van der Waals surface area contributed by atoms with Crippen molar-refractivity contribution < 1.29 is 0 Å². The van der Waals surface area contributed by atoms with Gasteiger partial charge in [-0.1, -0.05) is 11.6 Å². The second-order valence-electron chi connectivity index (χ2n) is 4.93. The molecular formula is C14H18ClN3. The van der Waals surface area contributed by atoms with Crippen LogP contribution in [0.1, 0.15) is 25.3 Å². The van der Waals surface area contributed by atoms with Gasteiger partial charge in [-0.3, -0.25) is 4.90 Å². The minimum absolute atomic E-state index is 0.493. The molecule has 1 unspecified atom stereocenters. The Kier molecular flexibility index (Phi) is 4.11. The Morgan fingerprint density at radius 3 is 2.83 bits per heavy atom. The van der Waals surface area contributed by atoms with Gasteiger partial charge in [-0.05, 0) is 45.0 Å². The van der Waals surface area contributed by atoms with Crippen molar-refractivity contribution in [3.63, 3.8) is 0 Å². The zero-order valence-electron chi connectivity index (χ0n) is 10.8. The minimum Gasteiger partial charge on any atom is -0.383 e. The maximum absolute atomic E-state index is 8.81. The molecule has 1 aromatic carbocycles. The van der Waals surface area contributed by atoms with Crippen LogP contribution in [0.25, 0.3) is 0 Å². The first-order valence-electron chi connectivity index (χ1n) is 6.27. The first-order valence-corrected chi connectivity index (χ1v) is 6.65. The van der Waals surface area contributed by atoms with Gasteiger partial charge in [0.05, 0.1) is 10.6 Å². The van der Waals surface area contributed by atoms with Crippen LogP contribution in [0, 0.1) is 11.3 Å². The third-order valence-electron chi connectivity index (χ3n) is 3.51. The highest BCUT2D eigenvalue weighted by Crippen LogP contribution is 2.27. The van der Waals surface area contributed by atoms with Gasteiger partial charge >= 0.3 is 0 Å². The van der Waals surface area contributed by atoms with Crippen LogP contribution < -0.4 is 5.32 Å². The molecule has 1 saturated carbocycles. The largest absolute Gasteiger partial charge is 0.383 e. The van der Waals surface area contributed by atoms with Crippen molar-refractivity contribution in [1.82, 2.24) is 4.90 Å². The molecule has 1 aliphatic carbocycles. The van der Waals surface area contributed by atoms with Crippen molar-refractivity contribution >= 4 is 17.3 Å². The Balaban J connectivity index is 1.89. The summed E-state index contributed by atoms with van der Waals surface area (Å²) in [5.41, 5.74) is 1.49. The van der Waals surface area contributed by atoms with Crippen LogP contribution in [0.3, 0.4) is 0 Å². The summed E-state index contributed by atoms with van der Waals surface area (Å²) in [4.78, 5) is 2.41. The average Bonchev–Trinajstić information content (AvgIpc) is 3.19. The lowest BCUT2D eigenvalue weighted by molar-refractivity contribution is 0.257. The number of anilines is 1. The standard InChI is InChI=1S/C14H18ClN3/c1-10(18(2)13-5-6-13)9-17-12-4-3-11(8-16)14(15)7-12/h3-4,7,10,13,17H,5-6,9H2,1-2H3. The van der Waals surface area contributed by atoms with E-state index in [1.54, 1.807) is 6.07 Å². The maximum Gasteiger partial charge on any atom is 0.101 e. The topological polar surface area (TPSA) is 39.1 Å². The average molecular weight is 264 g/mol. The first-order chi connectivity index (χ1) is 8.61. The molecule has 4 heteroatoms. The minimum atomic E-state index is 0.493. The van der Waals surface area contributed by atoms with E-state index in [1.807, 2.05) is 12.1 Å². The number of nitrogens with zero attached hydrogens (tertiary/aromatic N) is 2. The number of likely N-dealkylation sites (N-methyl/N-ethyl adjacent to an activating group) is 1. The Bertz CT molecular complexity index is 463. The highest BCUT2D eigenvalue weighted by molar-refractivity contribution is 6.32. The molecule has 96 valence electrons. The summed E-state index contributed by atoms with van der Waals surface area (Å²) in [6, 6.07) is 8.78. The van der Waals surface area contributed by atoms with Crippen LogP contribution in [0.2, 0.25) is 5.02 Å². The molecular weight excluding hydrogens is 246 g/mol. The van der Waals surface area contributed by atoms with E-state index < -0.39 is 0 Å². The number of rotatable bonds is 5. The quantitative estimate of drug-likeness (QED) is 0.887. The van der Waals surface area contributed by atoms with Crippen molar-refractivity contribution in [1.29, 1.82) is 5.26 Å². The molecule has 2 rings (SSSR count). The van der Waals surface area contributed by atoms with Crippen LogP contribution in [-0.4, -0.2) is 30.6 Å². The Labute approximate surface area is 113 Å². The normalized spacial score (nSPS) is 16.4. The van der Waals surface area contributed by atoms with E-state index in [2.05, 4.69) is 30.3 Å². The summed E-state index contributed by atoms with van der Waals surface area (Å²) >= 11 is 5.99. The highest BCUT2D eigenvalue weighted by atomic mass is 35.5. The van der Waals surface area contributed by atoms with Crippen LogP contribution in [0.4, 0.5) is 5.69 Å². The van der Waals surface area contributed by atoms with Gasteiger partial charge in [0.2, 0.25) is 0 Å². The van der Waals surface area contributed by atoms with Crippen LogP contribution in [-0.2, 0) is 0 Å². The predicted molar refractivity (Wildman–Crippen MR) is 74.9 cm³/mol. The smallest absolute Gasteiger partial charge is 0.101 e. The fourth-order valence-corrected chi connectivity index (χ4v) is 2.19. The van der Waals surface area contributed by atoms with Gasteiger partial charge in [0.25, 0.3) is 0 Å². The number of benzene rings is 1. The van der Waals surface area contributed by atoms with Gasteiger partial charge in [-0.15, -0.1) is 0 Å². The molecule has 0 radical (unpaired) electrons. The monoisotopic (exact) mass is 263 g/mol. The Hall–Kier alpha value is -1.24. The van der Waals surface area contributed by atoms with E-state index in [9.17, 15) is 0 Å². The summed E-state index contributed by atoms with van der Waals surface area (Å²) in [5, 5.41) is 12.7. The molecule has 0 saturated heterocycles. The second kappa shape index (κ2) is 5.60. The molecule has 3 nitrogen and oxygen atoms in total. The van der Waals surface area contributed by atoms with E-state index in [1.165, 1.54) is 12.8 Å². The molecule has 1 aliphatic rings. The summed E-state index contributed by atoms with van der Waals surface area (Å²) in [6.45, 7) is 3.10. The summed E-state index contributed by atoms with van der Waals surface area (Å²) in [6.07, 6.45) is 2.65. The molecule has 18 heavy (non-hydrogen) atoms. The molecule has 0 amide bonds. The lowest BCUT2D eigenvalue weighted by Crippen LogP contribution is -2.36. The van der Waals surface area contributed by atoms with E-state index in [0.717, 1.165) is 18.3 Å². The lowest BCUT2D eigenvalue weighted by Gasteiger charge is -2.25. The van der Waals surface area contributed by atoms with Gasteiger partial charge < -0.3 is 5.32 Å². The molecule has 0 spiro atoms. The Morgan fingerprint density at radius 2 is 2.28 bits per heavy atom. The summed E-state index contributed by atoms with van der Waals surface area (Å²) in [5.74, 6) is 0. The number of hydrogen-bond acceptors (Lipinski definition) is 3. The van der Waals surface area contributed by atoms with Crippen molar-refractivity contribution in [3.05, 3.63) is 28.8 Å². The predicted octanol–water partition coefficient (Wildman–Crippen LogP) is 3.11. The zero-order chi connectivity index (χ0) is 13.1. The van der Waals surface area contributed by atoms with Gasteiger partial charge in [0.1, 0.15) is 6.07 Å². The summed E-state index contributed by atoms with van der Waals surface area (Å²) in [7, 11) is 2.18. The van der Waals surface area contributed by atoms with Crippen molar-refractivity contribution in [2.75, 3.05) is 18.9 Å². The van der Waals surface area contributed by atoms with Crippen LogP contribution >= 0.6 is 11.6 Å². The molecule has 0 bridgehead atoms. The molecule has 0 heterocycles. The molecule has 1 atom stereocenters. The van der Waals surface area contributed by atoms with Gasteiger partial charge in [-0.25, -0.2) is 0 Å². The fraction of sp³-hybridized carbons (Fsp3) is 0.500. The number of halogens is 1. The molecule has 1 N–H and O–H groups in total. The zero-order valence-corrected chi connectivity index (χ0v) is 11.5. The highest BCUT2D eigenvalue weighted by Gasteiger charge is 2.28. The lowest BCUT2D eigenvalue weighted by atomic mass is 10.2. The van der Waals surface area contributed by atoms with E-state index in [0.29, 0.717) is 16.6 Å².